The van der Waals surface area contributed by atoms with Crippen LogP contribution in [0, 0.1) is 5.82 Å². The van der Waals surface area contributed by atoms with Crippen molar-refractivity contribution in [1.29, 1.82) is 0 Å². The van der Waals surface area contributed by atoms with Crippen LogP contribution < -0.4 is 5.32 Å². The monoisotopic (exact) mass is 435 g/mol. The van der Waals surface area contributed by atoms with Crippen LogP contribution >= 0.6 is 23.2 Å². The molecule has 0 amide bonds. The van der Waals surface area contributed by atoms with Crippen LogP contribution in [0.2, 0.25) is 10.2 Å². The van der Waals surface area contributed by atoms with Crippen molar-refractivity contribution in [1.82, 2.24) is 9.78 Å². The molecular formula is C21H20Cl2FN3O2. The van der Waals surface area contributed by atoms with Gasteiger partial charge in [-0.15, -0.1) is 0 Å². The molecule has 0 fully saturated rings. The van der Waals surface area contributed by atoms with E-state index < -0.39 is 11.8 Å². The van der Waals surface area contributed by atoms with E-state index in [1.54, 1.807) is 23.7 Å². The molecule has 2 aromatic carbocycles. The third-order valence-electron chi connectivity index (χ3n) is 4.27. The van der Waals surface area contributed by atoms with Crippen LogP contribution in [0.15, 0.2) is 48.5 Å². The lowest BCUT2D eigenvalue weighted by molar-refractivity contribution is 0.0517. The lowest BCUT2D eigenvalue weighted by Crippen LogP contribution is -2.12. The number of carbonyl (C=O) groups excluding carboxylic acids is 1. The van der Waals surface area contributed by atoms with Gasteiger partial charge < -0.3 is 10.1 Å². The average molecular weight is 436 g/mol. The van der Waals surface area contributed by atoms with Crippen molar-refractivity contribution in [2.45, 2.75) is 19.9 Å². The molecule has 3 rings (SSSR count). The Hall–Kier alpha value is -2.57. The number of anilines is 1. The van der Waals surface area contributed by atoms with Crippen LogP contribution in [0.5, 0.6) is 0 Å². The van der Waals surface area contributed by atoms with E-state index in [0.717, 1.165) is 5.56 Å². The minimum atomic E-state index is -0.537. The first-order valence-corrected chi connectivity index (χ1v) is 9.91. The molecule has 0 aliphatic rings. The fourth-order valence-corrected chi connectivity index (χ4v) is 3.34. The number of hydrogen-bond acceptors (Lipinski definition) is 4. The molecule has 0 saturated carbocycles. The molecule has 0 bridgehead atoms. The van der Waals surface area contributed by atoms with Crippen LogP contribution in [0.3, 0.4) is 0 Å². The molecule has 0 aliphatic carbocycles. The molecule has 5 nitrogen and oxygen atoms in total. The average Bonchev–Trinajstić information content (AvgIpc) is 3.02. The number of benzene rings is 2. The Morgan fingerprint density at radius 1 is 1.17 bits per heavy atom. The second-order valence-corrected chi connectivity index (χ2v) is 7.03. The molecule has 0 atom stereocenters. The first-order chi connectivity index (χ1) is 14.0. The number of nitrogens with zero attached hydrogens (tertiary/aromatic N) is 2. The maximum atomic E-state index is 14.0. The lowest BCUT2D eigenvalue weighted by atomic mass is 10.1. The third kappa shape index (κ3) is 5.08. The molecule has 8 heteroatoms. The number of aromatic nitrogens is 2. The molecule has 0 spiro atoms. The van der Waals surface area contributed by atoms with Crippen molar-refractivity contribution in [3.05, 3.63) is 81.3 Å². The molecule has 1 N–H and O–H groups in total. The number of carbonyl (C=O) groups is 1. The van der Waals surface area contributed by atoms with Crippen LogP contribution in [0.25, 0.3) is 0 Å². The predicted molar refractivity (Wildman–Crippen MR) is 112 cm³/mol. The van der Waals surface area contributed by atoms with Gasteiger partial charge in [-0.1, -0.05) is 59.6 Å². The van der Waals surface area contributed by atoms with Crippen molar-refractivity contribution in [2.24, 2.45) is 0 Å². The Balaban J connectivity index is 1.81. The number of ether oxygens (including phenoxy) is 1. The molecule has 1 heterocycles. The zero-order chi connectivity index (χ0) is 20.8. The molecule has 152 valence electrons. The number of rotatable bonds is 8. The van der Waals surface area contributed by atoms with Crippen molar-refractivity contribution in [3.8, 4) is 0 Å². The van der Waals surface area contributed by atoms with Crippen LogP contribution in [0.4, 0.5) is 10.1 Å². The zero-order valence-electron chi connectivity index (χ0n) is 15.8. The highest BCUT2D eigenvalue weighted by Crippen LogP contribution is 2.25. The van der Waals surface area contributed by atoms with E-state index in [1.165, 1.54) is 6.07 Å². The number of halogens is 3. The summed E-state index contributed by atoms with van der Waals surface area (Å²) in [5.41, 5.74) is 2.00. The highest BCUT2D eigenvalue weighted by atomic mass is 35.5. The Morgan fingerprint density at radius 2 is 1.93 bits per heavy atom. The van der Waals surface area contributed by atoms with E-state index in [1.807, 2.05) is 30.3 Å². The number of hydrogen-bond donors (Lipinski definition) is 1. The van der Waals surface area contributed by atoms with Gasteiger partial charge in [-0.25, -0.2) is 13.9 Å². The van der Waals surface area contributed by atoms with E-state index in [4.69, 9.17) is 27.9 Å². The first kappa shape index (κ1) is 21.1. The minimum Gasteiger partial charge on any atom is -0.461 e. The summed E-state index contributed by atoms with van der Waals surface area (Å²) < 4.78 is 20.7. The van der Waals surface area contributed by atoms with Gasteiger partial charge in [0, 0.05) is 12.1 Å². The van der Waals surface area contributed by atoms with Gasteiger partial charge in [0.2, 0.25) is 0 Å². The SMILES string of the molecule is CCOC(=O)c1nn(Cc2ccccc2)c(Cl)c1CCNc1cccc(Cl)c1F. The molecule has 29 heavy (non-hydrogen) atoms. The van der Waals surface area contributed by atoms with E-state index in [-0.39, 0.29) is 23.0 Å². The highest BCUT2D eigenvalue weighted by molar-refractivity contribution is 6.31. The maximum absolute atomic E-state index is 14.0. The molecule has 0 unspecified atom stereocenters. The van der Waals surface area contributed by atoms with Gasteiger partial charge in [0.1, 0.15) is 5.15 Å². The molecule has 0 radical (unpaired) electrons. The van der Waals surface area contributed by atoms with Gasteiger partial charge in [0.15, 0.2) is 11.5 Å². The van der Waals surface area contributed by atoms with Crippen molar-refractivity contribution < 1.29 is 13.9 Å². The molecule has 1 aromatic heterocycles. The number of esters is 1. The predicted octanol–water partition coefficient (Wildman–Crippen LogP) is 5.21. The van der Waals surface area contributed by atoms with Gasteiger partial charge in [-0.2, -0.15) is 5.10 Å². The van der Waals surface area contributed by atoms with Gasteiger partial charge in [0.25, 0.3) is 0 Å². The van der Waals surface area contributed by atoms with Gasteiger partial charge in [0.05, 0.1) is 23.9 Å². The summed E-state index contributed by atoms with van der Waals surface area (Å²) in [7, 11) is 0. The van der Waals surface area contributed by atoms with Gasteiger partial charge >= 0.3 is 5.97 Å². The minimum absolute atomic E-state index is 0.0379. The van der Waals surface area contributed by atoms with Gasteiger partial charge in [-0.3, -0.25) is 0 Å². The largest absolute Gasteiger partial charge is 0.461 e. The summed E-state index contributed by atoms with van der Waals surface area (Å²) >= 11 is 12.3. The summed E-state index contributed by atoms with van der Waals surface area (Å²) in [6.07, 6.45) is 0.355. The second-order valence-electron chi connectivity index (χ2n) is 6.26. The fraction of sp³-hybridized carbons (Fsp3) is 0.238. The van der Waals surface area contributed by atoms with Crippen molar-refractivity contribution >= 4 is 34.9 Å². The third-order valence-corrected chi connectivity index (χ3v) is 4.98. The summed E-state index contributed by atoms with van der Waals surface area (Å²) in [5.74, 6) is -1.06. The Kier molecular flexibility index (Phi) is 7.12. The highest BCUT2D eigenvalue weighted by Gasteiger charge is 2.23. The first-order valence-electron chi connectivity index (χ1n) is 9.15. The Bertz CT molecular complexity index is 993. The van der Waals surface area contributed by atoms with Crippen LogP contribution in [-0.4, -0.2) is 28.9 Å². The Labute approximate surface area is 178 Å². The van der Waals surface area contributed by atoms with E-state index in [0.29, 0.717) is 30.2 Å². The van der Waals surface area contributed by atoms with Gasteiger partial charge in [-0.05, 0) is 31.0 Å². The quantitative estimate of drug-likeness (QED) is 0.493. The molecule has 0 aliphatic heterocycles. The normalized spacial score (nSPS) is 10.8. The molecule has 3 aromatic rings. The summed E-state index contributed by atoms with van der Waals surface area (Å²) in [5, 5.41) is 7.74. The van der Waals surface area contributed by atoms with E-state index in [2.05, 4.69) is 10.4 Å². The molecular weight excluding hydrogens is 416 g/mol. The Morgan fingerprint density at radius 3 is 2.66 bits per heavy atom. The molecule has 0 saturated heterocycles. The fourth-order valence-electron chi connectivity index (χ4n) is 2.89. The summed E-state index contributed by atoms with van der Waals surface area (Å²) in [6, 6.07) is 14.4. The lowest BCUT2D eigenvalue weighted by Gasteiger charge is -2.09. The van der Waals surface area contributed by atoms with Crippen molar-refractivity contribution in [2.75, 3.05) is 18.5 Å². The topological polar surface area (TPSA) is 56.1 Å². The van der Waals surface area contributed by atoms with Crippen molar-refractivity contribution in [3.63, 3.8) is 0 Å². The van der Waals surface area contributed by atoms with Crippen LogP contribution in [-0.2, 0) is 17.7 Å². The van der Waals surface area contributed by atoms with E-state index >= 15 is 0 Å². The standard InChI is InChI=1S/C21H20Cl2FN3O2/c1-2-29-21(28)19-15(11-12-25-17-10-6-9-16(22)18(17)24)20(23)27(26-19)13-14-7-4-3-5-8-14/h3-10,25H,2,11-13H2,1H3. The smallest absolute Gasteiger partial charge is 0.359 e. The zero-order valence-corrected chi connectivity index (χ0v) is 17.3. The maximum Gasteiger partial charge on any atom is 0.359 e. The second kappa shape index (κ2) is 9.76. The van der Waals surface area contributed by atoms with E-state index in [9.17, 15) is 9.18 Å². The van der Waals surface area contributed by atoms with Crippen LogP contribution in [0.1, 0.15) is 28.5 Å². The summed E-state index contributed by atoms with van der Waals surface area (Å²) in [4.78, 5) is 12.4. The summed E-state index contributed by atoms with van der Waals surface area (Å²) in [6.45, 7) is 2.71. The number of nitrogens with one attached hydrogen (secondary N) is 1.